The van der Waals surface area contributed by atoms with Gasteiger partial charge in [-0.2, -0.15) is 5.10 Å². The quantitative estimate of drug-likeness (QED) is 0.326. The summed E-state index contributed by atoms with van der Waals surface area (Å²) < 4.78 is 26.2. The highest BCUT2D eigenvalue weighted by atomic mass is 35.5. The Morgan fingerprint density at radius 3 is 2.61 bits per heavy atom. The number of nitrogens with one attached hydrogen (secondary N) is 1. The van der Waals surface area contributed by atoms with Crippen LogP contribution in [-0.4, -0.2) is 15.7 Å². The molecule has 0 unspecified atom stereocenters. The number of carbonyl (C=O) groups is 1. The second-order valence-electron chi connectivity index (χ2n) is 7.41. The van der Waals surface area contributed by atoms with Crippen LogP contribution in [0.3, 0.4) is 0 Å². The van der Waals surface area contributed by atoms with Gasteiger partial charge in [-0.1, -0.05) is 35.3 Å². The molecule has 0 fully saturated rings. The zero-order valence-corrected chi connectivity index (χ0v) is 19.4. The van der Waals surface area contributed by atoms with E-state index in [1.54, 1.807) is 54.1 Å². The highest BCUT2D eigenvalue weighted by Crippen LogP contribution is 2.28. The first-order chi connectivity index (χ1) is 15.8. The van der Waals surface area contributed by atoms with Crippen LogP contribution in [0.5, 0.6) is 5.75 Å². The van der Waals surface area contributed by atoms with Gasteiger partial charge in [0.05, 0.1) is 28.6 Å². The molecule has 0 atom stereocenters. The molecule has 4 aromatic rings. The minimum atomic E-state index is -0.404. The van der Waals surface area contributed by atoms with E-state index in [2.05, 4.69) is 10.4 Å². The fraction of sp³-hybridized carbons (Fsp3) is 0.167. The zero-order chi connectivity index (χ0) is 23.5. The molecular weight excluding hydrogens is 468 g/mol. The zero-order valence-electron chi connectivity index (χ0n) is 17.9. The first-order valence-electron chi connectivity index (χ1n) is 10.1. The van der Waals surface area contributed by atoms with Gasteiger partial charge in [0, 0.05) is 5.02 Å². The second-order valence-corrected chi connectivity index (χ2v) is 8.26. The van der Waals surface area contributed by atoms with E-state index in [4.69, 9.17) is 32.4 Å². The Balaban J connectivity index is 1.42. The Labute approximate surface area is 199 Å². The summed E-state index contributed by atoms with van der Waals surface area (Å²) in [5.41, 5.74) is 2.94. The van der Waals surface area contributed by atoms with Crippen LogP contribution in [0.4, 0.5) is 10.1 Å². The van der Waals surface area contributed by atoms with Gasteiger partial charge in [0.25, 0.3) is 5.91 Å². The van der Waals surface area contributed by atoms with Crippen LogP contribution in [0.2, 0.25) is 10.0 Å². The fourth-order valence-electron chi connectivity index (χ4n) is 3.29. The van der Waals surface area contributed by atoms with Gasteiger partial charge in [0.15, 0.2) is 5.76 Å². The third-order valence-electron chi connectivity index (χ3n) is 5.01. The maximum absolute atomic E-state index is 13.1. The number of amides is 1. The van der Waals surface area contributed by atoms with Crippen LogP contribution in [0, 0.1) is 19.7 Å². The van der Waals surface area contributed by atoms with Crippen molar-refractivity contribution in [2.45, 2.75) is 27.0 Å². The summed E-state index contributed by atoms with van der Waals surface area (Å²) in [6, 6.07) is 14.4. The van der Waals surface area contributed by atoms with Crippen LogP contribution >= 0.6 is 23.2 Å². The summed E-state index contributed by atoms with van der Waals surface area (Å²) in [5, 5.41) is 8.25. The molecule has 1 amide bonds. The van der Waals surface area contributed by atoms with Gasteiger partial charge in [-0.25, -0.2) is 4.39 Å². The van der Waals surface area contributed by atoms with Crippen LogP contribution < -0.4 is 10.1 Å². The molecule has 170 valence electrons. The van der Waals surface area contributed by atoms with Gasteiger partial charge >= 0.3 is 0 Å². The minimum absolute atomic E-state index is 0.0995. The highest BCUT2D eigenvalue weighted by Gasteiger charge is 2.18. The lowest BCUT2D eigenvalue weighted by Gasteiger charge is -2.07. The number of rotatable bonds is 7. The average Bonchev–Trinajstić information content (AvgIpc) is 3.35. The number of benzene rings is 2. The number of aromatic nitrogens is 2. The molecular formula is C24H20Cl2FN3O3. The molecule has 0 bridgehead atoms. The van der Waals surface area contributed by atoms with Crippen LogP contribution in [0.25, 0.3) is 0 Å². The van der Waals surface area contributed by atoms with Gasteiger partial charge in [0.2, 0.25) is 0 Å². The van der Waals surface area contributed by atoms with Gasteiger partial charge in [0.1, 0.15) is 23.9 Å². The molecule has 0 radical (unpaired) electrons. The number of nitrogens with zero attached hydrogens (tertiary/aromatic N) is 2. The number of aryl methyl sites for hydroxylation is 1. The lowest BCUT2D eigenvalue weighted by atomic mass is 10.2. The summed E-state index contributed by atoms with van der Waals surface area (Å²) in [5.74, 6) is 0.369. The minimum Gasteiger partial charge on any atom is -0.484 e. The first kappa shape index (κ1) is 22.9. The van der Waals surface area contributed by atoms with Crippen LogP contribution in [0.1, 0.15) is 33.3 Å². The highest BCUT2D eigenvalue weighted by molar-refractivity contribution is 6.35. The number of anilines is 1. The number of halogens is 3. The summed E-state index contributed by atoms with van der Waals surface area (Å²) in [7, 11) is 0. The predicted molar refractivity (Wildman–Crippen MR) is 125 cm³/mol. The molecule has 33 heavy (non-hydrogen) atoms. The smallest absolute Gasteiger partial charge is 0.291 e. The Morgan fingerprint density at radius 1 is 1.12 bits per heavy atom. The van der Waals surface area contributed by atoms with Crippen LogP contribution in [-0.2, 0) is 13.2 Å². The van der Waals surface area contributed by atoms with E-state index in [0.29, 0.717) is 39.5 Å². The van der Waals surface area contributed by atoms with Crippen molar-refractivity contribution in [3.05, 3.63) is 98.9 Å². The lowest BCUT2D eigenvalue weighted by Crippen LogP contribution is -2.12. The molecule has 0 saturated carbocycles. The molecule has 1 N–H and O–H groups in total. The maximum atomic E-state index is 13.1. The van der Waals surface area contributed by atoms with E-state index in [1.807, 2.05) is 6.92 Å². The van der Waals surface area contributed by atoms with E-state index >= 15 is 0 Å². The Bertz CT molecular complexity index is 1300. The maximum Gasteiger partial charge on any atom is 0.291 e. The van der Waals surface area contributed by atoms with Gasteiger partial charge < -0.3 is 14.5 Å². The van der Waals surface area contributed by atoms with Crippen molar-refractivity contribution in [2.24, 2.45) is 0 Å². The van der Waals surface area contributed by atoms with E-state index in [-0.39, 0.29) is 18.2 Å². The third kappa shape index (κ3) is 5.38. The molecule has 2 aromatic carbocycles. The normalized spacial score (nSPS) is 10.9. The summed E-state index contributed by atoms with van der Waals surface area (Å²) in [6.45, 7) is 4.22. The van der Waals surface area contributed by atoms with E-state index in [1.165, 1.54) is 12.1 Å². The molecule has 0 aliphatic heterocycles. The first-order valence-corrected chi connectivity index (χ1v) is 10.8. The summed E-state index contributed by atoms with van der Waals surface area (Å²) in [6.07, 6.45) is 0. The molecule has 2 aromatic heterocycles. The van der Waals surface area contributed by atoms with Crippen molar-refractivity contribution < 1.29 is 18.3 Å². The number of carbonyl (C=O) groups excluding carboxylic acids is 1. The Hall–Kier alpha value is -3.29. The molecule has 2 heterocycles. The van der Waals surface area contributed by atoms with E-state index in [9.17, 15) is 9.18 Å². The van der Waals surface area contributed by atoms with Crippen LogP contribution in [0.15, 0.2) is 59.0 Å². The van der Waals surface area contributed by atoms with Crippen molar-refractivity contribution in [1.82, 2.24) is 9.78 Å². The molecule has 0 aliphatic carbocycles. The predicted octanol–water partition coefficient (Wildman–Crippen LogP) is 6.42. The van der Waals surface area contributed by atoms with E-state index < -0.39 is 5.91 Å². The Kier molecular flexibility index (Phi) is 6.72. The lowest BCUT2D eigenvalue weighted by molar-refractivity contribution is 0.0992. The largest absolute Gasteiger partial charge is 0.484 e. The molecule has 4 rings (SSSR count). The SMILES string of the molecule is Cc1nn(Cc2ccc(F)cc2)c(C)c1NC(=O)c1ccc(COc2ccc(Cl)cc2Cl)o1. The molecule has 6 nitrogen and oxygen atoms in total. The number of hydrogen-bond donors (Lipinski definition) is 1. The molecule has 0 saturated heterocycles. The molecule has 0 spiro atoms. The third-order valence-corrected chi connectivity index (χ3v) is 5.55. The standard InChI is InChI=1S/C24H20Cl2FN3O3/c1-14-23(15(2)30(29-14)12-16-3-6-18(27)7-4-16)28-24(31)22-10-8-19(33-22)13-32-21-9-5-17(25)11-20(21)26/h3-11H,12-13H2,1-2H3,(H,28,31). The fourth-order valence-corrected chi connectivity index (χ4v) is 3.75. The second kappa shape index (κ2) is 9.68. The molecule has 0 aliphatic rings. The van der Waals surface area contributed by atoms with Crippen molar-refractivity contribution in [3.63, 3.8) is 0 Å². The van der Waals surface area contributed by atoms with Crippen molar-refractivity contribution in [1.29, 1.82) is 0 Å². The van der Waals surface area contributed by atoms with Crippen molar-refractivity contribution in [3.8, 4) is 5.75 Å². The summed E-state index contributed by atoms with van der Waals surface area (Å²) >= 11 is 12.0. The van der Waals surface area contributed by atoms with Gasteiger partial charge in [-0.05, 0) is 61.9 Å². The van der Waals surface area contributed by atoms with Crippen molar-refractivity contribution >= 4 is 34.8 Å². The van der Waals surface area contributed by atoms with Crippen molar-refractivity contribution in [2.75, 3.05) is 5.32 Å². The van der Waals surface area contributed by atoms with E-state index in [0.717, 1.165) is 11.3 Å². The topological polar surface area (TPSA) is 69.3 Å². The van der Waals surface area contributed by atoms with Gasteiger partial charge in [-0.15, -0.1) is 0 Å². The molecule has 9 heteroatoms. The number of furan rings is 1. The van der Waals surface area contributed by atoms with Gasteiger partial charge in [-0.3, -0.25) is 9.48 Å². The Morgan fingerprint density at radius 2 is 1.88 bits per heavy atom. The summed E-state index contributed by atoms with van der Waals surface area (Å²) in [4.78, 5) is 12.7. The monoisotopic (exact) mass is 487 g/mol. The average molecular weight is 488 g/mol. The number of hydrogen-bond acceptors (Lipinski definition) is 4. The number of ether oxygens (including phenoxy) is 1.